The van der Waals surface area contributed by atoms with Crippen molar-refractivity contribution < 1.29 is 29.2 Å². The molecule has 2 aromatic rings. The Morgan fingerprint density at radius 3 is 2.89 bits per heavy atom. The highest BCUT2D eigenvalue weighted by Gasteiger charge is 2.58. The van der Waals surface area contributed by atoms with Crippen molar-refractivity contribution in [3.8, 4) is 23.0 Å². The lowest BCUT2D eigenvalue weighted by atomic mass is 9.83. The van der Waals surface area contributed by atoms with E-state index in [-0.39, 0.29) is 12.5 Å². The highest BCUT2D eigenvalue weighted by molar-refractivity contribution is 6.11. The summed E-state index contributed by atoms with van der Waals surface area (Å²) >= 11 is 0. The number of Topliss-reactive ketones (excluding diaryl/α,β-unsaturated/α-hetero) is 1. The van der Waals surface area contributed by atoms with Gasteiger partial charge in [0.25, 0.3) is 0 Å². The summed E-state index contributed by atoms with van der Waals surface area (Å²) in [6, 6.07) is 6.14. The molecule has 0 saturated carbocycles. The van der Waals surface area contributed by atoms with Crippen LogP contribution in [0.3, 0.4) is 0 Å². The lowest BCUT2D eigenvalue weighted by molar-refractivity contribution is -0.0142. The summed E-state index contributed by atoms with van der Waals surface area (Å²) < 4.78 is 16.1. The maximum absolute atomic E-state index is 13.5. The van der Waals surface area contributed by atoms with Crippen LogP contribution in [0.25, 0.3) is 0 Å². The Labute approximate surface area is 155 Å². The smallest absolute Gasteiger partial charge is 0.231 e. The number of phenols is 1. The summed E-state index contributed by atoms with van der Waals surface area (Å²) in [5, 5.41) is 22.1. The maximum atomic E-state index is 13.5. The van der Waals surface area contributed by atoms with Gasteiger partial charge in [-0.2, -0.15) is 0 Å². The van der Waals surface area contributed by atoms with Crippen molar-refractivity contribution in [2.45, 2.75) is 18.1 Å². The van der Waals surface area contributed by atoms with E-state index in [2.05, 4.69) is 0 Å². The van der Waals surface area contributed by atoms with Crippen molar-refractivity contribution in [3.05, 3.63) is 46.5 Å². The second-order valence-corrected chi connectivity index (χ2v) is 7.17. The van der Waals surface area contributed by atoms with E-state index in [1.165, 1.54) is 13.2 Å². The number of nitrogens with zero attached hydrogens (tertiary/aromatic N) is 1. The molecule has 0 saturated heterocycles. The first kappa shape index (κ1) is 16.4. The number of carbonyl (C=O) groups is 1. The molecule has 2 aliphatic heterocycles. The van der Waals surface area contributed by atoms with Crippen LogP contribution in [0, 0.1) is 0 Å². The molecule has 2 N–H and O–H groups in total. The molecular weight excluding hydrogens is 350 g/mol. The zero-order chi connectivity index (χ0) is 18.9. The second kappa shape index (κ2) is 5.37. The van der Waals surface area contributed by atoms with Gasteiger partial charge >= 0.3 is 0 Å². The molecule has 1 aliphatic carbocycles. The van der Waals surface area contributed by atoms with E-state index in [9.17, 15) is 15.0 Å². The summed E-state index contributed by atoms with van der Waals surface area (Å²) in [5.41, 5.74) is 0.415. The number of ether oxygens (including phenoxy) is 3. The van der Waals surface area contributed by atoms with Gasteiger partial charge in [-0.1, -0.05) is 6.07 Å². The predicted molar refractivity (Wildman–Crippen MR) is 94.5 cm³/mol. The van der Waals surface area contributed by atoms with Crippen LogP contribution in [0.15, 0.2) is 24.3 Å². The number of phenolic OH excluding ortho intramolecular Hbond substituents is 1. The average molecular weight is 369 g/mol. The molecule has 0 aromatic heterocycles. The van der Waals surface area contributed by atoms with Crippen molar-refractivity contribution in [3.63, 3.8) is 0 Å². The Morgan fingerprint density at radius 2 is 2.11 bits per heavy atom. The number of hydrogen-bond donors (Lipinski definition) is 2. The summed E-state index contributed by atoms with van der Waals surface area (Å²) in [4.78, 5) is 15.5. The molecule has 7 heteroatoms. The molecule has 2 heterocycles. The average Bonchev–Trinajstić information content (AvgIpc) is 3.19. The third-order valence-electron chi connectivity index (χ3n) is 5.82. The monoisotopic (exact) mass is 369 g/mol. The molecule has 7 nitrogen and oxygen atoms in total. The Morgan fingerprint density at radius 1 is 1.30 bits per heavy atom. The van der Waals surface area contributed by atoms with E-state index >= 15 is 0 Å². The van der Waals surface area contributed by atoms with E-state index < -0.39 is 17.4 Å². The summed E-state index contributed by atoms with van der Waals surface area (Å²) in [6.45, 7) is 0.682. The summed E-state index contributed by atoms with van der Waals surface area (Å²) in [5.74, 6) is 0.652. The largest absolute Gasteiger partial charge is 0.504 e. The van der Waals surface area contributed by atoms with Crippen LogP contribution in [-0.2, 0) is 12.0 Å². The first-order valence-corrected chi connectivity index (χ1v) is 8.77. The Bertz CT molecular complexity index is 987. The third kappa shape index (κ3) is 1.95. The standard InChI is InChI=1S/C20H19NO6/c1-21-6-5-10-7-15(25-2)13(22)8-12(10)20(24)18(21)11-3-4-14-17(27-9-26-14)16(11)19(20)23/h3-4,7-8,18,22,24H,5-6,9H2,1-2H3. The van der Waals surface area contributed by atoms with Crippen LogP contribution in [0.4, 0.5) is 0 Å². The Balaban J connectivity index is 1.79. The molecular formula is C20H19NO6. The van der Waals surface area contributed by atoms with Gasteiger partial charge in [0, 0.05) is 12.1 Å². The SMILES string of the molecule is COc1cc2c(cc1O)C1(O)C(=O)c3c(ccc4c3OCO4)C1N(C)CC2. The van der Waals surface area contributed by atoms with Crippen LogP contribution in [0.5, 0.6) is 23.0 Å². The zero-order valence-corrected chi connectivity index (χ0v) is 15.0. The number of hydrogen-bond acceptors (Lipinski definition) is 7. The van der Waals surface area contributed by atoms with Gasteiger partial charge in [-0.15, -0.1) is 0 Å². The van der Waals surface area contributed by atoms with Crippen LogP contribution in [0.2, 0.25) is 0 Å². The molecule has 2 unspecified atom stereocenters. The summed E-state index contributed by atoms with van der Waals surface area (Å²) in [7, 11) is 3.35. The molecule has 140 valence electrons. The number of methoxy groups -OCH3 is 1. The van der Waals surface area contributed by atoms with Gasteiger partial charge in [0.05, 0.1) is 18.7 Å². The topological polar surface area (TPSA) is 88.5 Å². The minimum Gasteiger partial charge on any atom is -0.504 e. The Kier molecular flexibility index (Phi) is 3.26. The fraction of sp³-hybridized carbons (Fsp3) is 0.350. The number of carbonyl (C=O) groups excluding carboxylic acids is 1. The van der Waals surface area contributed by atoms with Crippen molar-refractivity contribution in [2.24, 2.45) is 0 Å². The molecule has 3 aliphatic rings. The number of ketones is 1. The van der Waals surface area contributed by atoms with E-state index in [0.29, 0.717) is 46.9 Å². The van der Waals surface area contributed by atoms with Gasteiger partial charge in [-0.05, 0) is 42.8 Å². The van der Waals surface area contributed by atoms with E-state index in [1.54, 1.807) is 12.1 Å². The molecule has 0 amide bonds. The predicted octanol–water partition coefficient (Wildman–Crippen LogP) is 1.74. The normalized spacial score (nSPS) is 25.6. The van der Waals surface area contributed by atoms with Crippen LogP contribution in [-0.4, -0.2) is 48.4 Å². The first-order valence-electron chi connectivity index (χ1n) is 8.77. The van der Waals surface area contributed by atoms with E-state index in [0.717, 1.165) is 5.56 Å². The number of fused-ring (bicyclic) bond motifs is 7. The quantitative estimate of drug-likeness (QED) is 0.792. The van der Waals surface area contributed by atoms with Crippen LogP contribution < -0.4 is 14.2 Å². The van der Waals surface area contributed by atoms with Crippen LogP contribution >= 0.6 is 0 Å². The van der Waals surface area contributed by atoms with Gasteiger partial charge in [-0.3, -0.25) is 9.69 Å². The fourth-order valence-corrected chi connectivity index (χ4v) is 4.58. The van der Waals surface area contributed by atoms with E-state index in [1.807, 2.05) is 18.0 Å². The van der Waals surface area contributed by atoms with Crippen molar-refractivity contribution in [1.82, 2.24) is 4.90 Å². The number of aliphatic hydroxyl groups is 1. The lowest BCUT2D eigenvalue weighted by Crippen LogP contribution is -2.42. The van der Waals surface area contributed by atoms with Crippen molar-refractivity contribution in [1.29, 1.82) is 0 Å². The highest BCUT2D eigenvalue weighted by Crippen LogP contribution is 2.56. The molecule has 5 rings (SSSR count). The van der Waals surface area contributed by atoms with Gasteiger partial charge in [0.2, 0.25) is 12.6 Å². The molecule has 0 bridgehead atoms. The molecule has 27 heavy (non-hydrogen) atoms. The van der Waals surface area contributed by atoms with Gasteiger partial charge < -0.3 is 24.4 Å². The minimum atomic E-state index is -1.83. The minimum absolute atomic E-state index is 0.0482. The van der Waals surface area contributed by atoms with Gasteiger partial charge in [0.1, 0.15) is 0 Å². The second-order valence-electron chi connectivity index (χ2n) is 7.17. The van der Waals surface area contributed by atoms with E-state index in [4.69, 9.17) is 14.2 Å². The molecule has 0 radical (unpaired) electrons. The molecule has 2 atom stereocenters. The van der Waals surface area contributed by atoms with Crippen molar-refractivity contribution >= 4 is 5.78 Å². The summed E-state index contributed by atoms with van der Waals surface area (Å²) in [6.07, 6.45) is 0.619. The van der Waals surface area contributed by atoms with Gasteiger partial charge in [0.15, 0.2) is 28.6 Å². The number of rotatable bonds is 1. The molecule has 2 aromatic carbocycles. The maximum Gasteiger partial charge on any atom is 0.231 e. The molecule has 0 spiro atoms. The van der Waals surface area contributed by atoms with Crippen LogP contribution in [0.1, 0.15) is 33.1 Å². The third-order valence-corrected chi connectivity index (χ3v) is 5.82. The van der Waals surface area contributed by atoms with Crippen molar-refractivity contribution in [2.75, 3.05) is 27.5 Å². The number of benzene rings is 2. The van der Waals surface area contributed by atoms with Gasteiger partial charge in [-0.25, -0.2) is 0 Å². The number of likely N-dealkylation sites (N-methyl/N-ethyl adjacent to an activating group) is 1. The highest BCUT2D eigenvalue weighted by atomic mass is 16.7. The fourth-order valence-electron chi connectivity index (χ4n) is 4.58. The Hall–Kier alpha value is -2.77. The lowest BCUT2D eigenvalue weighted by Gasteiger charge is -2.34. The zero-order valence-electron chi connectivity index (χ0n) is 15.0. The number of aromatic hydroxyl groups is 1. The molecule has 0 fully saturated rings. The first-order chi connectivity index (χ1) is 13.0.